The summed E-state index contributed by atoms with van der Waals surface area (Å²) < 4.78 is 0. The first-order chi connectivity index (χ1) is 11.9. The molecule has 0 fully saturated rings. The van der Waals surface area contributed by atoms with Gasteiger partial charge in [-0.05, 0) is 26.3 Å². The molecule has 0 aliphatic heterocycles. The molecule has 1 unspecified atom stereocenters. The highest BCUT2D eigenvalue weighted by Crippen LogP contribution is 2.00. The van der Waals surface area contributed by atoms with Gasteiger partial charge in [-0.3, -0.25) is 9.59 Å². The van der Waals surface area contributed by atoms with Crippen LogP contribution in [-0.4, -0.2) is 63.2 Å². The van der Waals surface area contributed by atoms with Crippen molar-refractivity contribution in [3.8, 4) is 0 Å². The maximum Gasteiger partial charge on any atom is 0.237 e. The van der Waals surface area contributed by atoms with Crippen molar-refractivity contribution in [3.63, 3.8) is 0 Å². The molecule has 0 bridgehead atoms. The first-order valence-electron chi connectivity index (χ1n) is 9.55. The van der Waals surface area contributed by atoms with Crippen LogP contribution in [0.1, 0.15) is 53.4 Å². The van der Waals surface area contributed by atoms with E-state index in [1.165, 1.54) is 0 Å². The van der Waals surface area contributed by atoms with E-state index in [1.807, 2.05) is 0 Å². The lowest BCUT2D eigenvalue weighted by atomic mass is 10.1. The Hall–Kier alpha value is -1.18. The third-order valence-corrected chi connectivity index (χ3v) is 3.79. The quantitative estimate of drug-likeness (QED) is 0.273. The standard InChI is InChI=1S/C18H39N5O2/c1-14(2)20-11-9-17(24)22-10-7-6-8-16(19-5)18(25)23-13-12-21-15(3)4/h14-16,19-21H,6-13H2,1-5H3,(H,22,24)(H,23,25). The lowest BCUT2D eigenvalue weighted by Gasteiger charge is -2.16. The molecule has 0 aromatic rings. The first-order valence-corrected chi connectivity index (χ1v) is 9.55. The minimum absolute atomic E-state index is 0.0388. The summed E-state index contributed by atoms with van der Waals surface area (Å²) in [4.78, 5) is 23.7. The van der Waals surface area contributed by atoms with Crippen molar-refractivity contribution in [1.82, 2.24) is 26.6 Å². The number of rotatable bonds is 15. The number of hydrogen-bond donors (Lipinski definition) is 5. The highest BCUT2D eigenvalue weighted by molar-refractivity contribution is 5.81. The number of carbonyl (C=O) groups excluding carboxylic acids is 2. The highest BCUT2D eigenvalue weighted by Gasteiger charge is 2.15. The molecule has 0 radical (unpaired) electrons. The molecular weight excluding hydrogens is 318 g/mol. The number of hydrogen-bond acceptors (Lipinski definition) is 5. The van der Waals surface area contributed by atoms with E-state index in [-0.39, 0.29) is 17.9 Å². The largest absolute Gasteiger partial charge is 0.356 e. The molecular formula is C18H39N5O2. The van der Waals surface area contributed by atoms with Crippen LogP contribution in [0.25, 0.3) is 0 Å². The third kappa shape index (κ3) is 14.8. The highest BCUT2D eigenvalue weighted by atomic mass is 16.2. The van der Waals surface area contributed by atoms with E-state index < -0.39 is 0 Å². The van der Waals surface area contributed by atoms with Crippen LogP contribution in [0.5, 0.6) is 0 Å². The maximum absolute atomic E-state index is 12.1. The monoisotopic (exact) mass is 357 g/mol. The molecule has 25 heavy (non-hydrogen) atoms. The Morgan fingerprint density at radius 3 is 2.04 bits per heavy atom. The van der Waals surface area contributed by atoms with E-state index in [0.29, 0.717) is 38.1 Å². The lowest BCUT2D eigenvalue weighted by Crippen LogP contribution is -2.45. The molecule has 7 nitrogen and oxygen atoms in total. The Bertz CT molecular complexity index is 361. The second-order valence-corrected chi connectivity index (χ2v) is 6.95. The molecule has 0 heterocycles. The number of nitrogens with one attached hydrogen (secondary N) is 5. The van der Waals surface area contributed by atoms with Crippen LogP contribution in [0.3, 0.4) is 0 Å². The normalized spacial score (nSPS) is 12.4. The van der Waals surface area contributed by atoms with Crippen LogP contribution in [0.15, 0.2) is 0 Å². The Kier molecular flexibility index (Phi) is 14.4. The van der Waals surface area contributed by atoms with Crippen molar-refractivity contribution in [3.05, 3.63) is 0 Å². The van der Waals surface area contributed by atoms with Crippen LogP contribution in [0.4, 0.5) is 0 Å². The van der Waals surface area contributed by atoms with Crippen LogP contribution >= 0.6 is 0 Å². The van der Waals surface area contributed by atoms with Crippen LogP contribution < -0.4 is 26.6 Å². The zero-order valence-corrected chi connectivity index (χ0v) is 16.7. The molecule has 0 saturated heterocycles. The molecule has 5 N–H and O–H groups in total. The summed E-state index contributed by atoms with van der Waals surface area (Å²) in [6.45, 7) is 11.1. The summed E-state index contributed by atoms with van der Waals surface area (Å²) in [5, 5.41) is 15.4. The zero-order chi connectivity index (χ0) is 19.1. The van der Waals surface area contributed by atoms with Gasteiger partial charge in [0.05, 0.1) is 6.04 Å². The van der Waals surface area contributed by atoms with E-state index >= 15 is 0 Å². The van der Waals surface area contributed by atoms with Crippen molar-refractivity contribution in [1.29, 1.82) is 0 Å². The van der Waals surface area contributed by atoms with Crippen molar-refractivity contribution in [2.24, 2.45) is 0 Å². The van der Waals surface area contributed by atoms with Gasteiger partial charge in [0.25, 0.3) is 0 Å². The van der Waals surface area contributed by atoms with Gasteiger partial charge in [-0.1, -0.05) is 27.7 Å². The number of unbranched alkanes of at least 4 members (excludes halogenated alkanes) is 1. The predicted octanol–water partition coefficient (Wildman–Crippen LogP) is 0.363. The second-order valence-electron chi connectivity index (χ2n) is 6.95. The molecule has 0 rings (SSSR count). The zero-order valence-electron chi connectivity index (χ0n) is 16.7. The Morgan fingerprint density at radius 1 is 0.800 bits per heavy atom. The summed E-state index contributed by atoms with van der Waals surface area (Å²) in [7, 11) is 1.81. The SMILES string of the molecule is CNC(CCCCNC(=O)CCNC(C)C)C(=O)NCCNC(C)C. The Balaban J connectivity index is 3.71. The summed E-state index contributed by atoms with van der Waals surface area (Å²) in [5.74, 6) is 0.116. The third-order valence-electron chi connectivity index (χ3n) is 3.79. The fourth-order valence-corrected chi connectivity index (χ4v) is 2.34. The second kappa shape index (κ2) is 15.1. The fourth-order valence-electron chi connectivity index (χ4n) is 2.34. The minimum atomic E-state index is -0.176. The molecule has 0 spiro atoms. The summed E-state index contributed by atoms with van der Waals surface area (Å²) in [6, 6.07) is 0.650. The molecule has 2 amide bonds. The van der Waals surface area contributed by atoms with E-state index in [4.69, 9.17) is 0 Å². The molecule has 0 aromatic heterocycles. The van der Waals surface area contributed by atoms with Gasteiger partial charge in [-0.25, -0.2) is 0 Å². The molecule has 0 saturated carbocycles. The molecule has 0 aliphatic carbocycles. The van der Waals surface area contributed by atoms with Gasteiger partial charge in [0, 0.05) is 44.7 Å². The Labute approximate surface area is 153 Å². The van der Waals surface area contributed by atoms with Gasteiger partial charge in [-0.2, -0.15) is 0 Å². The van der Waals surface area contributed by atoms with Gasteiger partial charge in [0.15, 0.2) is 0 Å². The van der Waals surface area contributed by atoms with Crippen molar-refractivity contribution in [2.75, 3.05) is 33.2 Å². The summed E-state index contributed by atoms with van der Waals surface area (Å²) >= 11 is 0. The fraction of sp³-hybridized carbons (Fsp3) is 0.889. The van der Waals surface area contributed by atoms with Gasteiger partial charge < -0.3 is 26.6 Å². The van der Waals surface area contributed by atoms with Gasteiger partial charge in [0.1, 0.15) is 0 Å². The maximum atomic E-state index is 12.1. The van der Waals surface area contributed by atoms with E-state index in [1.54, 1.807) is 7.05 Å². The first kappa shape index (κ1) is 23.8. The smallest absolute Gasteiger partial charge is 0.237 e. The summed E-state index contributed by atoms with van der Waals surface area (Å²) in [6.07, 6.45) is 3.05. The van der Waals surface area contributed by atoms with E-state index in [0.717, 1.165) is 25.8 Å². The van der Waals surface area contributed by atoms with Crippen molar-refractivity contribution >= 4 is 11.8 Å². The van der Waals surface area contributed by atoms with Crippen LogP contribution in [0, 0.1) is 0 Å². The number of carbonyl (C=O) groups is 2. The average molecular weight is 358 g/mol. The average Bonchev–Trinajstić information content (AvgIpc) is 2.54. The molecule has 0 aromatic carbocycles. The number of amides is 2. The van der Waals surface area contributed by atoms with Crippen molar-refractivity contribution < 1.29 is 9.59 Å². The predicted molar refractivity (Wildman–Crippen MR) is 104 cm³/mol. The summed E-state index contributed by atoms with van der Waals surface area (Å²) in [5.41, 5.74) is 0. The number of likely N-dealkylation sites (N-methyl/N-ethyl adjacent to an activating group) is 1. The van der Waals surface area contributed by atoms with Crippen LogP contribution in [0.2, 0.25) is 0 Å². The van der Waals surface area contributed by atoms with Crippen LogP contribution in [-0.2, 0) is 9.59 Å². The minimum Gasteiger partial charge on any atom is -0.356 e. The lowest BCUT2D eigenvalue weighted by molar-refractivity contribution is -0.123. The van der Waals surface area contributed by atoms with E-state index in [2.05, 4.69) is 54.3 Å². The van der Waals surface area contributed by atoms with Gasteiger partial charge in [-0.15, -0.1) is 0 Å². The van der Waals surface area contributed by atoms with Gasteiger partial charge in [0.2, 0.25) is 11.8 Å². The van der Waals surface area contributed by atoms with Crippen molar-refractivity contribution in [2.45, 2.75) is 71.5 Å². The molecule has 7 heteroatoms. The Morgan fingerprint density at radius 2 is 1.44 bits per heavy atom. The van der Waals surface area contributed by atoms with Gasteiger partial charge >= 0.3 is 0 Å². The molecule has 0 aliphatic rings. The molecule has 1 atom stereocenters. The molecule has 148 valence electrons. The van der Waals surface area contributed by atoms with E-state index in [9.17, 15) is 9.59 Å². The topological polar surface area (TPSA) is 94.3 Å².